The van der Waals surface area contributed by atoms with Gasteiger partial charge in [-0.05, 0) is 24.3 Å². The average molecular weight is 470 g/mol. The van der Waals surface area contributed by atoms with Gasteiger partial charge in [-0.25, -0.2) is 0 Å². The highest BCUT2D eigenvalue weighted by atomic mass is 35.5. The monoisotopic (exact) mass is 469 g/mol. The number of carbonyl (C=O) groups is 3. The number of hydrogen-bond acceptors (Lipinski definition) is 7. The molecule has 0 saturated carbocycles. The average Bonchev–Trinajstić information content (AvgIpc) is 2.72. The lowest BCUT2D eigenvalue weighted by Crippen LogP contribution is -2.22. The number of carbonyl (C=O) groups excluding carboxylic acids is 3. The maximum absolute atomic E-state index is 12.0. The predicted octanol–water partition coefficient (Wildman–Crippen LogP) is 3.81. The molecular weight excluding hydrogens is 453 g/mol. The molecule has 2 amide bonds. The highest BCUT2D eigenvalue weighted by Gasteiger charge is 2.18. The van der Waals surface area contributed by atoms with Crippen LogP contribution in [0.1, 0.15) is 12.8 Å². The summed E-state index contributed by atoms with van der Waals surface area (Å²) in [5.74, 6) is -1.78. The van der Waals surface area contributed by atoms with Gasteiger partial charge in [-0.15, -0.1) is 0 Å². The van der Waals surface area contributed by atoms with Gasteiger partial charge in [-0.2, -0.15) is 0 Å². The van der Waals surface area contributed by atoms with E-state index in [-0.39, 0.29) is 29.2 Å². The SMILES string of the molecule is COc1ccc([N+](=O)[O-])c(NC(=O)COC(=O)CCC(=O)Nc2ccc(Cl)cc2Cl)c1. The fourth-order valence-corrected chi connectivity index (χ4v) is 2.78. The van der Waals surface area contributed by atoms with Gasteiger partial charge < -0.3 is 20.1 Å². The molecule has 31 heavy (non-hydrogen) atoms. The molecule has 0 radical (unpaired) electrons. The van der Waals surface area contributed by atoms with Gasteiger partial charge >= 0.3 is 5.97 Å². The number of hydrogen-bond donors (Lipinski definition) is 2. The van der Waals surface area contributed by atoms with E-state index < -0.39 is 29.3 Å². The Balaban J connectivity index is 1.81. The largest absolute Gasteiger partial charge is 0.497 e. The number of nitro groups is 1. The van der Waals surface area contributed by atoms with E-state index in [4.69, 9.17) is 32.7 Å². The van der Waals surface area contributed by atoms with Crippen LogP contribution in [-0.2, 0) is 19.1 Å². The first-order valence-electron chi connectivity index (χ1n) is 8.72. The molecule has 164 valence electrons. The van der Waals surface area contributed by atoms with Crippen LogP contribution in [0.2, 0.25) is 10.0 Å². The van der Waals surface area contributed by atoms with Crippen molar-refractivity contribution in [2.45, 2.75) is 12.8 Å². The molecule has 0 aliphatic rings. The van der Waals surface area contributed by atoms with Crippen LogP contribution < -0.4 is 15.4 Å². The van der Waals surface area contributed by atoms with Gasteiger partial charge in [0.2, 0.25) is 5.91 Å². The first-order valence-corrected chi connectivity index (χ1v) is 9.48. The molecule has 0 atom stereocenters. The molecule has 0 bridgehead atoms. The van der Waals surface area contributed by atoms with Crippen molar-refractivity contribution in [2.24, 2.45) is 0 Å². The number of ether oxygens (including phenoxy) is 2. The first kappa shape index (κ1) is 23.9. The van der Waals surface area contributed by atoms with Gasteiger partial charge in [-0.1, -0.05) is 23.2 Å². The zero-order chi connectivity index (χ0) is 23.0. The lowest BCUT2D eigenvalue weighted by molar-refractivity contribution is -0.383. The van der Waals surface area contributed by atoms with Crippen molar-refractivity contribution >= 4 is 58.0 Å². The van der Waals surface area contributed by atoms with Crippen molar-refractivity contribution in [1.82, 2.24) is 0 Å². The van der Waals surface area contributed by atoms with E-state index >= 15 is 0 Å². The van der Waals surface area contributed by atoms with Crippen molar-refractivity contribution < 1.29 is 28.8 Å². The predicted molar refractivity (Wildman–Crippen MR) is 114 cm³/mol. The van der Waals surface area contributed by atoms with Crippen molar-refractivity contribution in [3.05, 3.63) is 56.6 Å². The number of amides is 2. The fraction of sp³-hybridized carbons (Fsp3) is 0.211. The molecule has 0 unspecified atom stereocenters. The molecule has 2 N–H and O–H groups in total. The Morgan fingerprint density at radius 2 is 1.71 bits per heavy atom. The van der Waals surface area contributed by atoms with Crippen LogP contribution in [0.5, 0.6) is 5.75 Å². The number of nitrogens with one attached hydrogen (secondary N) is 2. The summed E-state index contributed by atoms with van der Waals surface area (Å²) in [4.78, 5) is 46.1. The Labute approximate surface area is 186 Å². The van der Waals surface area contributed by atoms with Gasteiger partial charge in [0.1, 0.15) is 11.4 Å². The maximum Gasteiger partial charge on any atom is 0.306 e. The van der Waals surface area contributed by atoms with Crippen LogP contribution in [-0.4, -0.2) is 36.4 Å². The zero-order valence-corrected chi connectivity index (χ0v) is 17.7. The molecule has 2 aromatic carbocycles. The summed E-state index contributed by atoms with van der Waals surface area (Å²) in [6.07, 6.45) is -0.496. The summed E-state index contributed by atoms with van der Waals surface area (Å²) in [5.41, 5.74) is -0.119. The molecule has 0 aromatic heterocycles. The van der Waals surface area contributed by atoms with E-state index in [1.807, 2.05) is 0 Å². The van der Waals surface area contributed by atoms with E-state index in [0.29, 0.717) is 16.5 Å². The maximum atomic E-state index is 12.0. The van der Waals surface area contributed by atoms with E-state index in [1.54, 1.807) is 6.07 Å². The van der Waals surface area contributed by atoms with Crippen LogP contribution in [0, 0.1) is 10.1 Å². The smallest absolute Gasteiger partial charge is 0.306 e. The second-order valence-electron chi connectivity index (χ2n) is 6.02. The third-order valence-electron chi connectivity index (χ3n) is 3.80. The topological polar surface area (TPSA) is 137 Å². The number of methoxy groups -OCH3 is 1. The van der Waals surface area contributed by atoms with Gasteiger partial charge in [0.25, 0.3) is 11.6 Å². The Kier molecular flexibility index (Phi) is 8.59. The van der Waals surface area contributed by atoms with Gasteiger partial charge in [0.15, 0.2) is 6.61 Å². The Morgan fingerprint density at radius 1 is 1.00 bits per heavy atom. The highest BCUT2D eigenvalue weighted by Crippen LogP contribution is 2.29. The van der Waals surface area contributed by atoms with Gasteiger partial charge in [0.05, 0.1) is 29.2 Å². The lowest BCUT2D eigenvalue weighted by atomic mass is 10.2. The molecule has 0 aliphatic heterocycles. The number of nitrogens with zero attached hydrogens (tertiary/aromatic N) is 1. The van der Waals surface area contributed by atoms with Crippen molar-refractivity contribution in [3.8, 4) is 5.75 Å². The number of nitro benzene ring substituents is 1. The molecule has 0 spiro atoms. The van der Waals surface area contributed by atoms with E-state index in [2.05, 4.69) is 10.6 Å². The molecule has 10 nitrogen and oxygen atoms in total. The molecule has 0 heterocycles. The summed E-state index contributed by atoms with van der Waals surface area (Å²) >= 11 is 11.7. The van der Waals surface area contributed by atoms with E-state index in [9.17, 15) is 24.5 Å². The van der Waals surface area contributed by atoms with Gasteiger partial charge in [0, 0.05) is 23.6 Å². The van der Waals surface area contributed by atoms with E-state index in [1.165, 1.54) is 37.4 Å². The minimum Gasteiger partial charge on any atom is -0.497 e. The molecule has 2 aromatic rings. The number of rotatable bonds is 9. The van der Waals surface area contributed by atoms with Crippen molar-refractivity contribution in [2.75, 3.05) is 24.4 Å². The molecular formula is C19H17Cl2N3O7. The molecule has 0 fully saturated rings. The van der Waals surface area contributed by atoms with Crippen LogP contribution in [0.15, 0.2) is 36.4 Å². The van der Waals surface area contributed by atoms with Crippen molar-refractivity contribution in [3.63, 3.8) is 0 Å². The standard InChI is InChI=1S/C19H17Cl2N3O7/c1-30-12-3-5-16(24(28)29)15(9-12)23-18(26)10-31-19(27)7-6-17(25)22-14-4-2-11(20)8-13(14)21/h2-5,8-9H,6-7,10H2,1H3,(H,22,25)(H,23,26). The molecule has 12 heteroatoms. The summed E-state index contributed by atoms with van der Waals surface area (Å²) in [6.45, 7) is -0.683. The fourth-order valence-electron chi connectivity index (χ4n) is 2.33. The first-order chi connectivity index (χ1) is 14.7. The summed E-state index contributed by atoms with van der Waals surface area (Å²) in [5, 5.41) is 16.5. The number of benzene rings is 2. The quantitative estimate of drug-likeness (QED) is 0.323. The second kappa shape index (κ2) is 11.1. The third-order valence-corrected chi connectivity index (χ3v) is 4.35. The Morgan fingerprint density at radius 3 is 2.35 bits per heavy atom. The van der Waals surface area contributed by atoms with Crippen LogP contribution in [0.4, 0.5) is 17.1 Å². The van der Waals surface area contributed by atoms with Gasteiger partial charge in [-0.3, -0.25) is 24.5 Å². The van der Waals surface area contributed by atoms with Crippen molar-refractivity contribution in [1.29, 1.82) is 0 Å². The number of anilines is 2. The third kappa shape index (κ3) is 7.43. The molecule has 2 rings (SSSR count). The zero-order valence-electron chi connectivity index (χ0n) is 16.1. The summed E-state index contributed by atoms with van der Waals surface area (Å²) < 4.78 is 9.76. The van der Waals surface area contributed by atoms with Crippen LogP contribution in [0.3, 0.4) is 0 Å². The Bertz CT molecular complexity index is 1010. The summed E-state index contributed by atoms with van der Waals surface area (Å²) in [7, 11) is 1.37. The van der Waals surface area contributed by atoms with E-state index in [0.717, 1.165) is 0 Å². The molecule has 0 aliphatic carbocycles. The lowest BCUT2D eigenvalue weighted by Gasteiger charge is -2.09. The van der Waals surface area contributed by atoms with Crippen LogP contribution >= 0.6 is 23.2 Å². The number of halogens is 2. The highest BCUT2D eigenvalue weighted by molar-refractivity contribution is 6.36. The summed E-state index contributed by atoms with van der Waals surface area (Å²) in [6, 6.07) is 8.33. The minimum atomic E-state index is -0.798. The Hall–Kier alpha value is -3.37. The normalized spacial score (nSPS) is 10.2. The number of esters is 1. The van der Waals surface area contributed by atoms with Crippen LogP contribution in [0.25, 0.3) is 0 Å². The second-order valence-corrected chi connectivity index (χ2v) is 6.87. The molecule has 0 saturated heterocycles. The minimum absolute atomic E-state index is 0.107.